The first-order chi connectivity index (χ1) is 13.1. The molecule has 0 atom stereocenters. The largest absolute Gasteiger partial charge is 0.544 e. The van der Waals surface area contributed by atoms with E-state index in [0.29, 0.717) is 17.0 Å². The smallest absolute Gasteiger partial charge is 0.250 e. The molecule has 0 spiro atoms. The summed E-state index contributed by atoms with van der Waals surface area (Å²) in [6.45, 7) is 11.1. The highest BCUT2D eigenvalue weighted by atomic mass is 28.4. The molecule has 0 aliphatic rings. The average Bonchev–Trinajstić information content (AvgIpc) is 2.68. The maximum Gasteiger partial charge on any atom is 0.250 e. The zero-order valence-corrected chi connectivity index (χ0v) is 18.2. The van der Waals surface area contributed by atoms with Crippen molar-refractivity contribution >= 4 is 8.32 Å². The fourth-order valence-corrected chi connectivity index (χ4v) is 3.82. The second-order valence-electron chi connectivity index (χ2n) is 8.53. The van der Waals surface area contributed by atoms with Gasteiger partial charge in [-0.2, -0.15) is 0 Å². The quantitative estimate of drug-likeness (QED) is 0.611. The Hall–Kier alpha value is -2.50. The van der Waals surface area contributed by atoms with Gasteiger partial charge in [-0.1, -0.05) is 45.0 Å². The first kappa shape index (κ1) is 20.2. The molecule has 0 radical (unpaired) electrons. The van der Waals surface area contributed by atoms with Gasteiger partial charge in [0.05, 0.1) is 11.4 Å². The topological polar surface area (TPSA) is 55.2 Å². The molecule has 28 heavy (non-hydrogen) atoms. The molecule has 3 aromatic rings. The van der Waals surface area contributed by atoms with E-state index in [9.17, 15) is 5.11 Å². The van der Waals surface area contributed by atoms with Crippen molar-refractivity contribution in [3.63, 3.8) is 0 Å². The summed E-state index contributed by atoms with van der Waals surface area (Å²) >= 11 is 0. The summed E-state index contributed by atoms with van der Waals surface area (Å²) in [5.74, 6) is 0.819. The van der Waals surface area contributed by atoms with Crippen LogP contribution in [0.1, 0.15) is 37.7 Å². The Morgan fingerprint density at radius 3 is 1.68 bits per heavy atom. The maximum absolute atomic E-state index is 11.7. The lowest BCUT2D eigenvalue weighted by molar-refractivity contribution is 0.116. The fourth-order valence-electron chi connectivity index (χ4n) is 2.79. The SMILES string of the molecule is CC(C)(C)[Si](C)(C)Oc1ccc(C(O)(c2ccccn2)c2ccccn2)cc1. The van der Waals surface area contributed by atoms with E-state index in [0.717, 1.165) is 5.75 Å². The monoisotopic (exact) mass is 392 g/mol. The Labute approximate surface area is 168 Å². The van der Waals surface area contributed by atoms with E-state index in [1.165, 1.54) is 0 Å². The molecule has 3 rings (SSSR count). The molecule has 2 heterocycles. The van der Waals surface area contributed by atoms with Gasteiger partial charge < -0.3 is 9.53 Å². The molecule has 0 amide bonds. The van der Waals surface area contributed by atoms with Crippen LogP contribution in [-0.4, -0.2) is 23.4 Å². The van der Waals surface area contributed by atoms with Crippen molar-refractivity contribution in [2.24, 2.45) is 0 Å². The molecule has 4 nitrogen and oxygen atoms in total. The second-order valence-corrected chi connectivity index (χ2v) is 13.3. The molecule has 1 N–H and O–H groups in total. The van der Waals surface area contributed by atoms with Gasteiger partial charge in [-0.25, -0.2) is 0 Å². The Morgan fingerprint density at radius 2 is 1.29 bits per heavy atom. The summed E-state index contributed by atoms with van der Waals surface area (Å²) in [7, 11) is -1.92. The van der Waals surface area contributed by atoms with Gasteiger partial charge in [-0.15, -0.1) is 0 Å². The lowest BCUT2D eigenvalue weighted by Gasteiger charge is -2.36. The third kappa shape index (κ3) is 3.86. The van der Waals surface area contributed by atoms with E-state index in [1.54, 1.807) is 12.4 Å². The van der Waals surface area contributed by atoms with Gasteiger partial charge in [0.15, 0.2) is 5.60 Å². The van der Waals surface area contributed by atoms with Crippen molar-refractivity contribution < 1.29 is 9.53 Å². The fraction of sp³-hybridized carbons (Fsp3) is 0.304. The molecule has 5 heteroatoms. The van der Waals surface area contributed by atoms with Gasteiger partial charge in [0, 0.05) is 12.4 Å². The standard InChI is InChI=1S/C23H28N2O2Si/c1-22(2,3)28(4,5)27-19-14-12-18(13-15-19)23(26,20-10-6-8-16-24-20)21-11-7-9-17-25-21/h6-17,26H,1-5H3. The number of nitrogens with zero attached hydrogens (tertiary/aromatic N) is 2. The van der Waals surface area contributed by atoms with Crippen LogP contribution in [-0.2, 0) is 5.60 Å². The number of pyridine rings is 2. The lowest BCUT2D eigenvalue weighted by Crippen LogP contribution is -2.43. The Bertz CT molecular complexity index is 865. The van der Waals surface area contributed by atoms with E-state index in [2.05, 4.69) is 43.8 Å². The average molecular weight is 393 g/mol. The zero-order valence-electron chi connectivity index (χ0n) is 17.2. The van der Waals surface area contributed by atoms with Crippen molar-refractivity contribution in [2.75, 3.05) is 0 Å². The number of hydrogen-bond acceptors (Lipinski definition) is 4. The number of aromatic nitrogens is 2. The van der Waals surface area contributed by atoms with Gasteiger partial charge in [-0.3, -0.25) is 9.97 Å². The maximum atomic E-state index is 11.7. The Balaban J connectivity index is 2.01. The molecule has 0 bridgehead atoms. The summed E-state index contributed by atoms with van der Waals surface area (Å²) in [5.41, 5.74) is 0.337. The molecule has 0 saturated carbocycles. The van der Waals surface area contributed by atoms with Crippen LogP contribution in [0.5, 0.6) is 5.75 Å². The van der Waals surface area contributed by atoms with Crippen LogP contribution in [0.15, 0.2) is 73.1 Å². The van der Waals surface area contributed by atoms with Crippen molar-refractivity contribution in [3.05, 3.63) is 90.0 Å². The summed E-state index contributed by atoms with van der Waals surface area (Å²) < 4.78 is 6.37. The molecule has 2 aromatic heterocycles. The lowest BCUT2D eigenvalue weighted by atomic mass is 9.86. The van der Waals surface area contributed by atoms with Crippen LogP contribution in [0.2, 0.25) is 18.1 Å². The summed E-state index contributed by atoms with van der Waals surface area (Å²) in [5, 5.41) is 11.8. The molecule has 0 fully saturated rings. The van der Waals surface area contributed by atoms with E-state index >= 15 is 0 Å². The normalized spacial score (nSPS) is 12.6. The highest BCUT2D eigenvalue weighted by molar-refractivity contribution is 6.74. The Kier molecular flexibility index (Phi) is 5.41. The van der Waals surface area contributed by atoms with Gasteiger partial charge in [0.1, 0.15) is 5.75 Å². The molecule has 1 aromatic carbocycles. The third-order valence-corrected chi connectivity index (χ3v) is 9.88. The Morgan fingerprint density at radius 1 is 0.786 bits per heavy atom. The van der Waals surface area contributed by atoms with E-state index in [-0.39, 0.29) is 5.04 Å². The third-order valence-electron chi connectivity index (χ3n) is 5.52. The molecule has 146 valence electrons. The van der Waals surface area contributed by atoms with Gasteiger partial charge in [0.25, 0.3) is 0 Å². The van der Waals surface area contributed by atoms with Crippen LogP contribution in [0, 0.1) is 0 Å². The van der Waals surface area contributed by atoms with Gasteiger partial charge in [0.2, 0.25) is 8.32 Å². The minimum atomic E-state index is -1.92. The van der Waals surface area contributed by atoms with Crippen LogP contribution in [0.25, 0.3) is 0 Å². The van der Waals surface area contributed by atoms with Crippen molar-refractivity contribution in [1.29, 1.82) is 0 Å². The van der Waals surface area contributed by atoms with E-state index in [4.69, 9.17) is 4.43 Å². The first-order valence-electron chi connectivity index (χ1n) is 9.49. The van der Waals surface area contributed by atoms with Crippen molar-refractivity contribution in [2.45, 2.75) is 44.5 Å². The molecule has 0 saturated heterocycles. The zero-order chi connectivity index (χ0) is 20.4. The second kappa shape index (κ2) is 7.49. The number of aliphatic hydroxyl groups is 1. The van der Waals surface area contributed by atoms with E-state index in [1.807, 2.05) is 60.7 Å². The van der Waals surface area contributed by atoms with Crippen LogP contribution >= 0.6 is 0 Å². The summed E-state index contributed by atoms with van der Waals surface area (Å²) in [6.07, 6.45) is 3.36. The summed E-state index contributed by atoms with van der Waals surface area (Å²) in [6, 6.07) is 18.7. The first-order valence-corrected chi connectivity index (χ1v) is 12.4. The highest BCUT2D eigenvalue weighted by Crippen LogP contribution is 2.39. The van der Waals surface area contributed by atoms with E-state index < -0.39 is 13.9 Å². The minimum absolute atomic E-state index is 0.119. The van der Waals surface area contributed by atoms with Crippen molar-refractivity contribution in [3.8, 4) is 5.75 Å². The molecular weight excluding hydrogens is 364 g/mol. The van der Waals surface area contributed by atoms with Crippen molar-refractivity contribution in [1.82, 2.24) is 9.97 Å². The van der Waals surface area contributed by atoms with Crippen LogP contribution < -0.4 is 4.43 Å². The predicted molar refractivity (Wildman–Crippen MR) is 115 cm³/mol. The summed E-state index contributed by atoms with van der Waals surface area (Å²) in [4.78, 5) is 8.81. The number of benzene rings is 1. The molecule has 0 unspecified atom stereocenters. The molecule has 0 aliphatic heterocycles. The van der Waals surface area contributed by atoms with Crippen LogP contribution in [0.4, 0.5) is 0 Å². The molecular formula is C23H28N2O2Si. The number of rotatable bonds is 5. The predicted octanol–water partition coefficient (Wildman–Crippen LogP) is 5.14. The minimum Gasteiger partial charge on any atom is -0.544 e. The van der Waals surface area contributed by atoms with Gasteiger partial charge in [-0.05, 0) is 60.1 Å². The highest BCUT2D eigenvalue weighted by Gasteiger charge is 2.40. The van der Waals surface area contributed by atoms with Gasteiger partial charge >= 0.3 is 0 Å². The number of hydrogen-bond donors (Lipinski definition) is 1. The molecule has 0 aliphatic carbocycles. The van der Waals surface area contributed by atoms with Crippen LogP contribution in [0.3, 0.4) is 0 Å².